The third-order valence-corrected chi connectivity index (χ3v) is 5.63. The molecule has 0 radical (unpaired) electrons. The molecule has 0 aromatic heterocycles. The molecular formula is C17H33IN4. The zero-order valence-corrected chi connectivity index (χ0v) is 16.4. The molecule has 0 spiro atoms. The Morgan fingerprint density at radius 2 is 1.41 bits per heavy atom. The first-order valence-electron chi connectivity index (χ1n) is 9.09. The highest BCUT2D eigenvalue weighted by Crippen LogP contribution is 2.25. The molecular weight excluding hydrogens is 387 g/mol. The Labute approximate surface area is 152 Å². The molecule has 2 aliphatic carbocycles. The number of likely N-dealkylation sites (tertiary alicyclic amines) is 1. The molecule has 22 heavy (non-hydrogen) atoms. The minimum atomic E-state index is 0. The lowest BCUT2D eigenvalue weighted by molar-refractivity contribution is 0.119. The van der Waals surface area contributed by atoms with Crippen molar-refractivity contribution in [2.45, 2.75) is 82.3 Å². The largest absolute Gasteiger partial charge is 0.354 e. The van der Waals surface area contributed by atoms with Gasteiger partial charge in [0.05, 0.1) is 0 Å². The lowest BCUT2D eigenvalue weighted by Gasteiger charge is -2.40. The second-order valence-corrected chi connectivity index (χ2v) is 7.09. The van der Waals surface area contributed by atoms with Gasteiger partial charge >= 0.3 is 0 Å². The van der Waals surface area contributed by atoms with Crippen LogP contribution in [0.15, 0.2) is 4.99 Å². The van der Waals surface area contributed by atoms with Gasteiger partial charge in [-0.1, -0.05) is 19.3 Å². The predicted octanol–water partition coefficient (Wildman–Crippen LogP) is 3.12. The quantitative estimate of drug-likeness (QED) is 0.419. The van der Waals surface area contributed by atoms with Crippen LogP contribution >= 0.6 is 24.0 Å². The van der Waals surface area contributed by atoms with Crippen LogP contribution in [-0.4, -0.2) is 49.1 Å². The fourth-order valence-corrected chi connectivity index (χ4v) is 3.97. The molecule has 1 heterocycles. The summed E-state index contributed by atoms with van der Waals surface area (Å²) >= 11 is 0. The number of hydrogen-bond donors (Lipinski definition) is 2. The summed E-state index contributed by atoms with van der Waals surface area (Å²) < 4.78 is 0. The Balaban J connectivity index is 0.00000176. The monoisotopic (exact) mass is 420 g/mol. The van der Waals surface area contributed by atoms with Gasteiger partial charge in [-0.3, -0.25) is 4.99 Å². The summed E-state index contributed by atoms with van der Waals surface area (Å²) in [6.45, 7) is 2.53. The molecule has 128 valence electrons. The highest BCUT2D eigenvalue weighted by molar-refractivity contribution is 14.0. The molecule has 4 nitrogen and oxygen atoms in total. The number of rotatable bonds is 3. The Bertz CT molecular complexity index is 343. The van der Waals surface area contributed by atoms with Crippen LogP contribution in [-0.2, 0) is 0 Å². The van der Waals surface area contributed by atoms with Crippen molar-refractivity contribution in [2.24, 2.45) is 4.99 Å². The summed E-state index contributed by atoms with van der Waals surface area (Å²) in [7, 11) is 1.89. The first kappa shape index (κ1) is 18.3. The average Bonchev–Trinajstić information content (AvgIpc) is 2.51. The van der Waals surface area contributed by atoms with E-state index in [-0.39, 0.29) is 24.0 Å². The maximum Gasteiger partial charge on any atom is 0.191 e. The van der Waals surface area contributed by atoms with Gasteiger partial charge < -0.3 is 15.5 Å². The number of aliphatic imine (C=N–C) groups is 1. The summed E-state index contributed by atoms with van der Waals surface area (Å²) in [6.07, 6.45) is 13.7. The fraction of sp³-hybridized carbons (Fsp3) is 0.941. The molecule has 3 rings (SSSR count). The fourth-order valence-electron chi connectivity index (χ4n) is 3.97. The van der Waals surface area contributed by atoms with E-state index in [0.29, 0.717) is 12.1 Å². The van der Waals surface area contributed by atoms with Crippen molar-refractivity contribution in [2.75, 3.05) is 20.1 Å². The van der Waals surface area contributed by atoms with E-state index in [0.717, 1.165) is 12.0 Å². The van der Waals surface area contributed by atoms with E-state index in [9.17, 15) is 0 Å². The van der Waals surface area contributed by atoms with Gasteiger partial charge in [-0.05, 0) is 44.9 Å². The van der Waals surface area contributed by atoms with Crippen LogP contribution in [0.3, 0.4) is 0 Å². The Hall–Kier alpha value is -0.0400. The first-order valence-corrected chi connectivity index (χ1v) is 9.09. The molecule has 3 aliphatic rings. The molecule has 2 N–H and O–H groups in total. The smallest absolute Gasteiger partial charge is 0.191 e. The Morgan fingerprint density at radius 1 is 0.818 bits per heavy atom. The highest BCUT2D eigenvalue weighted by Gasteiger charge is 2.27. The lowest BCUT2D eigenvalue weighted by Crippen LogP contribution is -2.53. The highest BCUT2D eigenvalue weighted by atomic mass is 127. The van der Waals surface area contributed by atoms with Crippen molar-refractivity contribution >= 4 is 29.9 Å². The number of guanidine groups is 1. The van der Waals surface area contributed by atoms with E-state index in [2.05, 4.69) is 20.5 Å². The number of halogens is 1. The van der Waals surface area contributed by atoms with Crippen LogP contribution in [0.4, 0.5) is 0 Å². The third-order valence-electron chi connectivity index (χ3n) is 5.63. The van der Waals surface area contributed by atoms with Crippen molar-refractivity contribution in [1.82, 2.24) is 15.5 Å². The maximum absolute atomic E-state index is 4.39. The molecule has 3 fully saturated rings. The predicted molar refractivity (Wildman–Crippen MR) is 104 cm³/mol. The van der Waals surface area contributed by atoms with E-state index in [4.69, 9.17) is 0 Å². The topological polar surface area (TPSA) is 39.7 Å². The molecule has 0 atom stereocenters. The standard InChI is InChI=1S/C17H32N4.HI/c1-18-17(19-14-6-5-7-14)20-15-10-12-21(13-11-15)16-8-3-2-4-9-16;/h14-16H,2-13H2,1H3,(H2,18,19,20);1H. The number of piperidine rings is 1. The minimum Gasteiger partial charge on any atom is -0.354 e. The summed E-state index contributed by atoms with van der Waals surface area (Å²) in [5, 5.41) is 7.19. The molecule has 1 saturated heterocycles. The molecule has 2 saturated carbocycles. The van der Waals surface area contributed by atoms with Crippen molar-refractivity contribution in [3.63, 3.8) is 0 Å². The van der Waals surface area contributed by atoms with E-state index in [1.54, 1.807) is 0 Å². The van der Waals surface area contributed by atoms with E-state index in [1.807, 2.05) is 7.05 Å². The zero-order chi connectivity index (χ0) is 14.5. The van der Waals surface area contributed by atoms with Gasteiger partial charge in [0, 0.05) is 38.3 Å². The van der Waals surface area contributed by atoms with Crippen molar-refractivity contribution in [1.29, 1.82) is 0 Å². The molecule has 0 bridgehead atoms. The molecule has 0 unspecified atom stereocenters. The van der Waals surface area contributed by atoms with Crippen molar-refractivity contribution in [3.8, 4) is 0 Å². The minimum absolute atomic E-state index is 0. The number of nitrogens with one attached hydrogen (secondary N) is 2. The lowest BCUT2D eigenvalue weighted by atomic mass is 9.92. The van der Waals surface area contributed by atoms with Gasteiger partial charge in [0.2, 0.25) is 0 Å². The van der Waals surface area contributed by atoms with Crippen molar-refractivity contribution < 1.29 is 0 Å². The van der Waals surface area contributed by atoms with Crippen LogP contribution in [0, 0.1) is 0 Å². The number of nitrogens with zero attached hydrogens (tertiary/aromatic N) is 2. The molecule has 1 aliphatic heterocycles. The number of hydrogen-bond acceptors (Lipinski definition) is 2. The molecule has 0 aromatic carbocycles. The molecule has 0 amide bonds. The van der Waals surface area contributed by atoms with E-state index in [1.165, 1.54) is 77.3 Å². The molecule has 0 aromatic rings. The second-order valence-electron chi connectivity index (χ2n) is 7.09. The second kappa shape index (κ2) is 9.30. The van der Waals surface area contributed by atoms with Gasteiger partial charge in [-0.2, -0.15) is 0 Å². The van der Waals surface area contributed by atoms with Crippen LogP contribution in [0.5, 0.6) is 0 Å². The van der Waals surface area contributed by atoms with Gasteiger partial charge in [0.25, 0.3) is 0 Å². The van der Waals surface area contributed by atoms with Gasteiger partial charge in [0.15, 0.2) is 5.96 Å². The summed E-state index contributed by atoms with van der Waals surface area (Å²) in [5.41, 5.74) is 0. The Kier molecular flexibility index (Phi) is 7.74. The normalized spacial score (nSPS) is 26.1. The zero-order valence-electron chi connectivity index (χ0n) is 14.0. The van der Waals surface area contributed by atoms with Crippen LogP contribution in [0.1, 0.15) is 64.2 Å². The van der Waals surface area contributed by atoms with Crippen LogP contribution < -0.4 is 10.6 Å². The van der Waals surface area contributed by atoms with Crippen molar-refractivity contribution in [3.05, 3.63) is 0 Å². The van der Waals surface area contributed by atoms with Crippen LogP contribution in [0.2, 0.25) is 0 Å². The first-order chi connectivity index (χ1) is 10.3. The average molecular weight is 420 g/mol. The third kappa shape index (κ3) is 4.98. The summed E-state index contributed by atoms with van der Waals surface area (Å²) in [5.74, 6) is 1.02. The maximum atomic E-state index is 4.39. The summed E-state index contributed by atoms with van der Waals surface area (Å²) in [4.78, 5) is 7.14. The SMILES string of the molecule is CN=C(NC1CCC1)NC1CCN(C2CCCCC2)CC1.I. The van der Waals surface area contributed by atoms with Gasteiger partial charge in [0.1, 0.15) is 0 Å². The van der Waals surface area contributed by atoms with E-state index < -0.39 is 0 Å². The van der Waals surface area contributed by atoms with E-state index >= 15 is 0 Å². The Morgan fingerprint density at radius 3 is 1.91 bits per heavy atom. The van der Waals surface area contributed by atoms with Gasteiger partial charge in [-0.15, -0.1) is 24.0 Å². The molecule has 5 heteroatoms. The van der Waals surface area contributed by atoms with Crippen LogP contribution in [0.25, 0.3) is 0 Å². The summed E-state index contributed by atoms with van der Waals surface area (Å²) in [6, 6.07) is 2.15. The van der Waals surface area contributed by atoms with Gasteiger partial charge in [-0.25, -0.2) is 0 Å².